The molecular formula is C19H22N2O3S. The van der Waals surface area contributed by atoms with Gasteiger partial charge in [0.05, 0.1) is 23.3 Å². The molecule has 132 valence electrons. The van der Waals surface area contributed by atoms with Crippen LogP contribution in [0.5, 0.6) is 5.75 Å². The lowest BCUT2D eigenvalue weighted by Crippen LogP contribution is -2.25. The number of ether oxygens (including phenoxy) is 1. The molecule has 1 aliphatic heterocycles. The Labute approximate surface area is 150 Å². The van der Waals surface area contributed by atoms with Gasteiger partial charge in [0, 0.05) is 18.3 Å². The number of amides is 1. The fraction of sp³-hybridized carbons (Fsp3) is 0.368. The second kappa shape index (κ2) is 8.25. The van der Waals surface area contributed by atoms with Crippen LogP contribution in [0.15, 0.2) is 42.6 Å². The molecule has 2 atom stereocenters. The number of aryl methyl sites for hydroxylation is 1. The van der Waals surface area contributed by atoms with Crippen LogP contribution in [0, 0.1) is 0 Å². The molecule has 1 aliphatic rings. The maximum Gasteiger partial charge on any atom is 0.236 e. The SMILES string of the molecule is CCc1ccc(CCOc2ccc(CC3C(=O)NCS3=O)cc2)nc1. The molecule has 0 spiro atoms. The average Bonchev–Trinajstić information content (AvgIpc) is 2.96. The molecule has 3 rings (SSSR count). The van der Waals surface area contributed by atoms with Crippen LogP contribution in [0.3, 0.4) is 0 Å². The van der Waals surface area contributed by atoms with Gasteiger partial charge in [0.2, 0.25) is 5.91 Å². The van der Waals surface area contributed by atoms with Gasteiger partial charge < -0.3 is 10.1 Å². The number of rotatable bonds is 7. The molecule has 1 saturated heterocycles. The van der Waals surface area contributed by atoms with Crippen LogP contribution in [0.4, 0.5) is 0 Å². The van der Waals surface area contributed by atoms with Crippen molar-refractivity contribution in [3.63, 3.8) is 0 Å². The molecule has 25 heavy (non-hydrogen) atoms. The van der Waals surface area contributed by atoms with Crippen molar-refractivity contribution in [2.45, 2.75) is 31.4 Å². The summed E-state index contributed by atoms with van der Waals surface area (Å²) in [6.07, 6.45) is 4.15. The highest BCUT2D eigenvalue weighted by atomic mass is 32.2. The van der Waals surface area contributed by atoms with Gasteiger partial charge >= 0.3 is 0 Å². The Bertz CT molecular complexity index is 728. The summed E-state index contributed by atoms with van der Waals surface area (Å²) in [4.78, 5) is 16.1. The lowest BCUT2D eigenvalue weighted by Gasteiger charge is -2.09. The average molecular weight is 358 g/mol. The van der Waals surface area contributed by atoms with Crippen LogP contribution in [0.25, 0.3) is 0 Å². The molecule has 1 amide bonds. The Hall–Kier alpha value is -2.21. The maximum atomic E-state index is 11.8. The molecule has 5 nitrogen and oxygen atoms in total. The Kier molecular flexibility index (Phi) is 5.81. The molecule has 2 heterocycles. The van der Waals surface area contributed by atoms with E-state index in [4.69, 9.17) is 4.74 Å². The zero-order valence-corrected chi connectivity index (χ0v) is 15.1. The summed E-state index contributed by atoms with van der Waals surface area (Å²) in [6, 6.07) is 11.8. The minimum atomic E-state index is -1.12. The largest absolute Gasteiger partial charge is 0.493 e. The van der Waals surface area contributed by atoms with Crippen molar-refractivity contribution in [1.29, 1.82) is 0 Å². The van der Waals surface area contributed by atoms with Crippen molar-refractivity contribution < 1.29 is 13.7 Å². The van der Waals surface area contributed by atoms with E-state index in [0.29, 0.717) is 13.0 Å². The second-order valence-electron chi connectivity index (χ2n) is 6.01. The highest BCUT2D eigenvalue weighted by molar-refractivity contribution is 7.86. The number of nitrogens with zero attached hydrogens (tertiary/aromatic N) is 1. The molecule has 0 aliphatic carbocycles. The number of hydrogen-bond acceptors (Lipinski definition) is 4. The molecule has 1 aromatic heterocycles. The summed E-state index contributed by atoms with van der Waals surface area (Å²) >= 11 is 0. The predicted molar refractivity (Wildman–Crippen MR) is 97.9 cm³/mol. The molecule has 0 radical (unpaired) electrons. The molecule has 0 saturated carbocycles. The first kappa shape index (κ1) is 17.6. The van der Waals surface area contributed by atoms with Gasteiger partial charge in [0.1, 0.15) is 11.0 Å². The molecule has 2 unspecified atom stereocenters. The molecule has 1 N–H and O–H groups in total. The van der Waals surface area contributed by atoms with Crippen molar-refractivity contribution in [3.8, 4) is 5.75 Å². The van der Waals surface area contributed by atoms with Crippen molar-refractivity contribution in [2.75, 3.05) is 12.5 Å². The van der Waals surface area contributed by atoms with Crippen molar-refractivity contribution >= 4 is 16.7 Å². The Morgan fingerprint density at radius 2 is 1.96 bits per heavy atom. The summed E-state index contributed by atoms with van der Waals surface area (Å²) < 4.78 is 17.5. The molecule has 2 aromatic rings. The van der Waals surface area contributed by atoms with Crippen LogP contribution in [0.2, 0.25) is 0 Å². The lowest BCUT2D eigenvalue weighted by atomic mass is 10.1. The van der Waals surface area contributed by atoms with E-state index >= 15 is 0 Å². The highest BCUT2D eigenvalue weighted by Crippen LogP contribution is 2.17. The van der Waals surface area contributed by atoms with Gasteiger partial charge in [-0.25, -0.2) is 0 Å². The lowest BCUT2D eigenvalue weighted by molar-refractivity contribution is -0.119. The third-order valence-corrected chi connectivity index (χ3v) is 5.71. The van der Waals surface area contributed by atoms with Crippen LogP contribution >= 0.6 is 0 Å². The zero-order chi connectivity index (χ0) is 17.6. The van der Waals surface area contributed by atoms with Gasteiger partial charge in [-0.1, -0.05) is 25.1 Å². The number of pyridine rings is 1. The molecule has 1 fully saturated rings. The molecular weight excluding hydrogens is 336 g/mol. The first-order valence-corrected chi connectivity index (χ1v) is 9.84. The van der Waals surface area contributed by atoms with E-state index in [1.54, 1.807) is 0 Å². The van der Waals surface area contributed by atoms with E-state index in [9.17, 15) is 9.00 Å². The molecule has 0 bridgehead atoms. The van der Waals surface area contributed by atoms with Crippen molar-refractivity contribution in [2.24, 2.45) is 0 Å². The first-order chi connectivity index (χ1) is 12.2. The number of carbonyl (C=O) groups excluding carboxylic acids is 1. The quantitative estimate of drug-likeness (QED) is 0.822. The summed E-state index contributed by atoms with van der Waals surface area (Å²) in [5, 5.41) is 2.19. The van der Waals surface area contributed by atoms with E-state index < -0.39 is 16.0 Å². The van der Waals surface area contributed by atoms with Crippen LogP contribution in [-0.4, -0.2) is 32.8 Å². The van der Waals surface area contributed by atoms with E-state index in [1.165, 1.54) is 5.56 Å². The minimum absolute atomic E-state index is 0.125. The predicted octanol–water partition coefficient (Wildman–Crippen LogP) is 2.01. The van der Waals surface area contributed by atoms with Crippen LogP contribution in [0.1, 0.15) is 23.7 Å². The standard InChI is InChI=1S/C19H22N2O3S/c1-2-14-3-6-16(20-12-14)9-10-24-17-7-4-15(5-8-17)11-18-19(22)21-13-25(18)23/h3-8,12,18H,2,9-11,13H2,1H3,(H,21,22). The fourth-order valence-corrected chi connectivity index (χ4v) is 3.87. The zero-order valence-electron chi connectivity index (χ0n) is 14.2. The van der Waals surface area contributed by atoms with Crippen LogP contribution in [-0.2, 0) is 34.9 Å². The van der Waals surface area contributed by atoms with E-state index in [2.05, 4.69) is 23.3 Å². The minimum Gasteiger partial charge on any atom is -0.493 e. The topological polar surface area (TPSA) is 68.3 Å². The van der Waals surface area contributed by atoms with Crippen molar-refractivity contribution in [1.82, 2.24) is 10.3 Å². The fourth-order valence-electron chi connectivity index (χ4n) is 2.68. The smallest absolute Gasteiger partial charge is 0.236 e. The third kappa shape index (κ3) is 4.66. The van der Waals surface area contributed by atoms with E-state index in [0.717, 1.165) is 29.8 Å². The van der Waals surface area contributed by atoms with E-state index in [1.807, 2.05) is 36.5 Å². The van der Waals surface area contributed by atoms with Gasteiger partial charge in [0.15, 0.2) is 0 Å². The summed E-state index contributed by atoms with van der Waals surface area (Å²) in [6.45, 7) is 2.67. The molecule has 6 heteroatoms. The van der Waals surface area contributed by atoms with Gasteiger partial charge in [-0.3, -0.25) is 14.0 Å². The third-order valence-electron chi connectivity index (χ3n) is 4.26. The Morgan fingerprint density at radius 3 is 2.56 bits per heavy atom. The molecule has 1 aromatic carbocycles. The number of benzene rings is 1. The Balaban J connectivity index is 1.48. The summed E-state index contributed by atoms with van der Waals surface area (Å²) in [7, 11) is -1.12. The Morgan fingerprint density at radius 1 is 1.20 bits per heavy atom. The maximum absolute atomic E-state index is 11.8. The normalized spacial score (nSPS) is 19.6. The number of carbonyl (C=O) groups is 1. The summed E-state index contributed by atoms with van der Waals surface area (Å²) in [5.41, 5.74) is 3.24. The number of hydrogen-bond donors (Lipinski definition) is 1. The highest BCUT2D eigenvalue weighted by Gasteiger charge is 2.31. The number of nitrogens with one attached hydrogen (secondary N) is 1. The first-order valence-electron chi connectivity index (χ1n) is 8.46. The van der Waals surface area contributed by atoms with Crippen molar-refractivity contribution in [3.05, 3.63) is 59.4 Å². The second-order valence-corrected chi connectivity index (χ2v) is 7.63. The van der Waals surface area contributed by atoms with Gasteiger partial charge in [-0.15, -0.1) is 0 Å². The van der Waals surface area contributed by atoms with E-state index in [-0.39, 0.29) is 11.8 Å². The monoisotopic (exact) mass is 358 g/mol. The summed E-state index contributed by atoms with van der Waals surface area (Å²) in [5.74, 6) is 0.920. The van der Waals surface area contributed by atoms with Gasteiger partial charge in [0.25, 0.3) is 0 Å². The van der Waals surface area contributed by atoms with Crippen LogP contribution < -0.4 is 10.1 Å². The van der Waals surface area contributed by atoms with Gasteiger partial charge in [-0.05, 0) is 42.2 Å². The van der Waals surface area contributed by atoms with Gasteiger partial charge in [-0.2, -0.15) is 0 Å². The number of aromatic nitrogens is 1.